The summed E-state index contributed by atoms with van der Waals surface area (Å²) in [6, 6.07) is 20.1. The average Bonchev–Trinajstić information content (AvgIpc) is 2.71. The van der Waals surface area contributed by atoms with Crippen molar-refractivity contribution in [3.63, 3.8) is 0 Å². The Balaban J connectivity index is 2.01. The molecule has 0 saturated carbocycles. The molecule has 0 aliphatic carbocycles. The van der Waals surface area contributed by atoms with Crippen LogP contribution in [0.25, 0.3) is 22.3 Å². The summed E-state index contributed by atoms with van der Waals surface area (Å²) in [5, 5.41) is 0. The molecule has 2 heteroatoms. The number of rotatable bonds is 8. The molecule has 0 aliphatic heterocycles. The largest absolute Gasteiger partial charge is 0.206 e. The summed E-state index contributed by atoms with van der Waals surface area (Å²) in [6.45, 7) is 7.55. The van der Waals surface area contributed by atoms with E-state index < -0.39 is 0 Å². The van der Waals surface area contributed by atoms with Gasteiger partial charge in [-0.05, 0) is 70.9 Å². The molecule has 0 bridgehead atoms. The first-order valence-corrected chi connectivity index (χ1v) is 10.4. The van der Waals surface area contributed by atoms with Gasteiger partial charge in [0, 0.05) is 5.56 Å². The quantitative estimate of drug-likeness (QED) is 0.287. The standard InChI is InChI=1S/C26H26FP/c1-3-5-19-7-11-21(12-8-19)24-18-26(27)25(17-23(24)15-16-28)22-13-9-20(6-4-2)10-14-22/h3-4,7-14,17-18H,1-2,5-6,15-16,28H2. The molecule has 0 heterocycles. The van der Waals surface area contributed by atoms with Gasteiger partial charge in [-0.2, -0.15) is 0 Å². The highest BCUT2D eigenvalue weighted by Gasteiger charge is 2.13. The first-order valence-electron chi connectivity index (χ1n) is 9.59. The van der Waals surface area contributed by atoms with Crippen molar-refractivity contribution in [3.05, 3.63) is 108 Å². The van der Waals surface area contributed by atoms with Crippen LogP contribution < -0.4 is 0 Å². The normalized spacial score (nSPS) is 10.6. The molecule has 1 atom stereocenters. The van der Waals surface area contributed by atoms with E-state index >= 15 is 4.39 Å². The minimum absolute atomic E-state index is 0.186. The molecule has 0 aromatic heterocycles. The van der Waals surface area contributed by atoms with E-state index in [9.17, 15) is 0 Å². The Kier molecular flexibility index (Phi) is 6.95. The van der Waals surface area contributed by atoms with Gasteiger partial charge in [-0.15, -0.1) is 22.4 Å². The minimum atomic E-state index is -0.186. The van der Waals surface area contributed by atoms with Gasteiger partial charge in [-0.25, -0.2) is 4.39 Å². The molecule has 0 aliphatic rings. The van der Waals surface area contributed by atoms with E-state index in [0.717, 1.165) is 47.7 Å². The van der Waals surface area contributed by atoms with Gasteiger partial charge in [-0.3, -0.25) is 0 Å². The molecule has 0 spiro atoms. The van der Waals surface area contributed by atoms with Crippen LogP contribution in [0.1, 0.15) is 16.7 Å². The summed E-state index contributed by atoms with van der Waals surface area (Å²) in [7, 11) is 2.77. The second-order valence-electron chi connectivity index (χ2n) is 6.91. The zero-order chi connectivity index (χ0) is 19.9. The van der Waals surface area contributed by atoms with Gasteiger partial charge < -0.3 is 0 Å². The lowest BCUT2D eigenvalue weighted by atomic mass is 9.92. The average molecular weight is 388 g/mol. The Morgan fingerprint density at radius 3 is 1.71 bits per heavy atom. The lowest BCUT2D eigenvalue weighted by molar-refractivity contribution is 0.631. The van der Waals surface area contributed by atoms with Crippen LogP contribution in [0.3, 0.4) is 0 Å². The summed E-state index contributed by atoms with van der Waals surface area (Å²) >= 11 is 0. The maximum absolute atomic E-state index is 15.1. The third-order valence-electron chi connectivity index (χ3n) is 4.90. The van der Waals surface area contributed by atoms with Crippen LogP contribution in [0, 0.1) is 5.82 Å². The van der Waals surface area contributed by atoms with Crippen molar-refractivity contribution < 1.29 is 4.39 Å². The van der Waals surface area contributed by atoms with Crippen molar-refractivity contribution in [2.24, 2.45) is 0 Å². The van der Waals surface area contributed by atoms with Crippen molar-refractivity contribution in [2.75, 3.05) is 6.16 Å². The third-order valence-corrected chi connectivity index (χ3v) is 5.19. The summed E-state index contributed by atoms with van der Waals surface area (Å²) in [5.74, 6) is -0.186. The van der Waals surface area contributed by atoms with Crippen molar-refractivity contribution >= 4 is 9.24 Å². The van der Waals surface area contributed by atoms with E-state index in [1.165, 1.54) is 11.1 Å². The Morgan fingerprint density at radius 1 is 0.750 bits per heavy atom. The van der Waals surface area contributed by atoms with Crippen LogP contribution in [0.5, 0.6) is 0 Å². The van der Waals surface area contributed by atoms with Crippen LogP contribution in [0.15, 0.2) is 86.0 Å². The van der Waals surface area contributed by atoms with Gasteiger partial charge in [0.05, 0.1) is 0 Å². The van der Waals surface area contributed by atoms with Gasteiger partial charge in [0.25, 0.3) is 0 Å². The van der Waals surface area contributed by atoms with Crippen LogP contribution in [0.4, 0.5) is 4.39 Å². The topological polar surface area (TPSA) is 0 Å². The Morgan fingerprint density at radius 2 is 1.25 bits per heavy atom. The van der Waals surface area contributed by atoms with E-state index in [1.54, 1.807) is 6.07 Å². The van der Waals surface area contributed by atoms with E-state index in [4.69, 9.17) is 0 Å². The highest BCUT2D eigenvalue weighted by atomic mass is 31.0. The Hall–Kier alpha value is -2.50. The van der Waals surface area contributed by atoms with Crippen LogP contribution >= 0.6 is 9.24 Å². The van der Waals surface area contributed by atoms with Gasteiger partial charge in [0.2, 0.25) is 0 Å². The zero-order valence-corrected chi connectivity index (χ0v) is 17.3. The molecule has 0 nitrogen and oxygen atoms in total. The number of aryl methyl sites for hydroxylation is 1. The molecule has 142 valence electrons. The SMILES string of the molecule is C=CCc1ccc(-c2cc(CCP)c(-c3ccc(CC=C)cc3)cc2F)cc1. The monoisotopic (exact) mass is 388 g/mol. The van der Waals surface area contributed by atoms with Crippen LogP contribution in [0.2, 0.25) is 0 Å². The molecule has 0 N–H and O–H groups in total. The van der Waals surface area contributed by atoms with Gasteiger partial charge in [0.15, 0.2) is 0 Å². The highest BCUT2D eigenvalue weighted by Crippen LogP contribution is 2.32. The molecule has 28 heavy (non-hydrogen) atoms. The predicted molar refractivity (Wildman–Crippen MR) is 123 cm³/mol. The highest BCUT2D eigenvalue weighted by molar-refractivity contribution is 7.16. The lowest BCUT2D eigenvalue weighted by Crippen LogP contribution is -1.96. The maximum Gasteiger partial charge on any atom is 0.131 e. The van der Waals surface area contributed by atoms with Gasteiger partial charge in [-0.1, -0.05) is 60.7 Å². The van der Waals surface area contributed by atoms with E-state index in [2.05, 4.69) is 46.7 Å². The summed E-state index contributed by atoms with van der Waals surface area (Å²) in [4.78, 5) is 0. The number of hydrogen-bond donors (Lipinski definition) is 0. The fourth-order valence-corrected chi connectivity index (χ4v) is 3.76. The Bertz CT molecular complexity index is 953. The maximum atomic E-state index is 15.1. The second kappa shape index (κ2) is 9.62. The molecule has 3 rings (SSSR count). The molecule has 1 unspecified atom stereocenters. The van der Waals surface area contributed by atoms with Crippen molar-refractivity contribution in [3.8, 4) is 22.3 Å². The van der Waals surface area contributed by atoms with E-state index in [-0.39, 0.29) is 5.82 Å². The number of hydrogen-bond acceptors (Lipinski definition) is 0. The summed E-state index contributed by atoms with van der Waals surface area (Å²) in [6.07, 6.45) is 7.25. The molecule has 0 amide bonds. The lowest BCUT2D eigenvalue weighted by Gasteiger charge is -2.14. The summed E-state index contributed by atoms with van der Waals surface area (Å²) < 4.78 is 15.1. The van der Waals surface area contributed by atoms with Crippen LogP contribution in [-0.2, 0) is 19.3 Å². The number of halogens is 1. The smallest absolute Gasteiger partial charge is 0.131 e. The number of allylic oxidation sites excluding steroid dienone is 2. The van der Waals surface area contributed by atoms with Gasteiger partial charge in [0.1, 0.15) is 5.82 Å². The summed E-state index contributed by atoms with van der Waals surface area (Å²) in [5.41, 5.74) is 7.14. The van der Waals surface area contributed by atoms with Gasteiger partial charge >= 0.3 is 0 Å². The Labute approximate surface area is 170 Å². The molecule has 0 fully saturated rings. The molecule has 3 aromatic carbocycles. The van der Waals surface area contributed by atoms with Crippen molar-refractivity contribution in [2.45, 2.75) is 19.3 Å². The van der Waals surface area contributed by atoms with E-state index in [1.807, 2.05) is 42.5 Å². The first kappa shape index (κ1) is 20.2. The molecule has 0 saturated heterocycles. The van der Waals surface area contributed by atoms with Crippen LogP contribution in [-0.4, -0.2) is 6.16 Å². The molecular weight excluding hydrogens is 362 g/mol. The molecule has 3 aromatic rings. The van der Waals surface area contributed by atoms with E-state index in [0.29, 0.717) is 5.56 Å². The fraction of sp³-hybridized carbons (Fsp3) is 0.154. The third kappa shape index (κ3) is 4.66. The molecular formula is C26H26FP. The number of benzene rings is 3. The predicted octanol–water partition coefficient (Wildman–Crippen LogP) is 7.03. The zero-order valence-electron chi connectivity index (χ0n) is 16.1. The van der Waals surface area contributed by atoms with Crippen molar-refractivity contribution in [1.29, 1.82) is 0 Å². The molecule has 0 radical (unpaired) electrons. The second-order valence-corrected chi connectivity index (χ2v) is 7.48. The first-order chi connectivity index (χ1) is 13.7. The minimum Gasteiger partial charge on any atom is -0.206 e. The fourth-order valence-electron chi connectivity index (χ4n) is 3.44. The van der Waals surface area contributed by atoms with Crippen molar-refractivity contribution in [1.82, 2.24) is 0 Å².